The van der Waals surface area contributed by atoms with Gasteiger partial charge in [-0.1, -0.05) is 26.0 Å². The Morgan fingerprint density at radius 3 is 2.41 bits per heavy atom. The van der Waals surface area contributed by atoms with E-state index in [2.05, 4.69) is 19.2 Å². The second kappa shape index (κ2) is 7.07. The fraction of sp³-hybridized carbons (Fsp3) is 0.500. The average Bonchev–Trinajstić information content (AvgIpc) is 2.30. The first kappa shape index (κ1) is 13.7. The molecule has 1 aromatic carbocycles. The number of nitrogens with one attached hydrogen (secondary N) is 1. The maximum atomic E-state index is 11.5. The van der Waals surface area contributed by atoms with Gasteiger partial charge in [0.05, 0.1) is 0 Å². The molecule has 0 fully saturated rings. The summed E-state index contributed by atoms with van der Waals surface area (Å²) in [4.78, 5) is 11.5. The fourth-order valence-electron chi connectivity index (χ4n) is 1.57. The first-order valence-corrected chi connectivity index (χ1v) is 6.14. The molecule has 0 heterocycles. The molecule has 1 rings (SSSR count). The van der Waals surface area contributed by atoms with E-state index in [1.54, 1.807) is 0 Å². The minimum atomic E-state index is 0.00995. The molecule has 17 heavy (non-hydrogen) atoms. The van der Waals surface area contributed by atoms with Gasteiger partial charge in [-0.25, -0.2) is 0 Å². The molecule has 0 bridgehead atoms. The summed E-state index contributed by atoms with van der Waals surface area (Å²) in [5.41, 5.74) is 2.10. The molecule has 0 spiro atoms. The smallest absolute Gasteiger partial charge is 0.224 e. The second-order valence-corrected chi connectivity index (χ2v) is 4.51. The van der Waals surface area contributed by atoms with Crippen LogP contribution in [0.1, 0.15) is 44.6 Å². The van der Waals surface area contributed by atoms with Gasteiger partial charge in [-0.15, -0.1) is 0 Å². The summed E-state index contributed by atoms with van der Waals surface area (Å²) in [7, 11) is 0. The fourth-order valence-corrected chi connectivity index (χ4v) is 1.57. The molecule has 0 atom stereocenters. The van der Waals surface area contributed by atoms with Crippen molar-refractivity contribution in [2.75, 3.05) is 11.9 Å². The lowest BCUT2D eigenvalue weighted by atomic mass is 10.0. The molecular formula is C14H21NO2. The largest absolute Gasteiger partial charge is 0.396 e. The highest BCUT2D eigenvalue weighted by Crippen LogP contribution is 2.17. The third kappa shape index (κ3) is 5.00. The maximum absolute atomic E-state index is 11.5. The van der Waals surface area contributed by atoms with Crippen LogP contribution in [0.3, 0.4) is 0 Å². The van der Waals surface area contributed by atoms with Crippen LogP contribution in [0.15, 0.2) is 24.3 Å². The number of hydrogen-bond acceptors (Lipinski definition) is 2. The highest BCUT2D eigenvalue weighted by Gasteiger charge is 2.03. The molecule has 0 saturated carbocycles. The summed E-state index contributed by atoms with van der Waals surface area (Å²) in [5, 5.41) is 11.5. The summed E-state index contributed by atoms with van der Waals surface area (Å²) in [6.45, 7) is 4.43. The van der Waals surface area contributed by atoms with Crippen molar-refractivity contribution in [3.8, 4) is 0 Å². The van der Waals surface area contributed by atoms with Crippen molar-refractivity contribution in [2.24, 2.45) is 0 Å². The predicted molar refractivity (Wildman–Crippen MR) is 70.1 cm³/mol. The van der Waals surface area contributed by atoms with Crippen molar-refractivity contribution in [3.63, 3.8) is 0 Å². The summed E-state index contributed by atoms with van der Waals surface area (Å²) >= 11 is 0. The Bertz CT molecular complexity index is 344. The van der Waals surface area contributed by atoms with Crippen LogP contribution in [0.4, 0.5) is 5.69 Å². The number of aliphatic hydroxyl groups is 1. The van der Waals surface area contributed by atoms with Crippen LogP contribution >= 0.6 is 0 Å². The van der Waals surface area contributed by atoms with E-state index in [0.717, 1.165) is 12.1 Å². The molecule has 3 nitrogen and oxygen atoms in total. The van der Waals surface area contributed by atoms with E-state index in [0.29, 0.717) is 18.8 Å². The Morgan fingerprint density at radius 2 is 1.88 bits per heavy atom. The quantitative estimate of drug-likeness (QED) is 0.745. The van der Waals surface area contributed by atoms with E-state index in [-0.39, 0.29) is 12.5 Å². The number of carbonyl (C=O) groups is 1. The minimum absolute atomic E-state index is 0.00995. The second-order valence-electron chi connectivity index (χ2n) is 4.51. The average molecular weight is 235 g/mol. The van der Waals surface area contributed by atoms with Crippen LogP contribution in [0.25, 0.3) is 0 Å². The molecule has 0 aliphatic carbocycles. The van der Waals surface area contributed by atoms with Gasteiger partial charge in [0.2, 0.25) is 5.91 Å². The van der Waals surface area contributed by atoms with Crippen molar-refractivity contribution >= 4 is 11.6 Å². The number of anilines is 1. The Kier molecular flexibility index (Phi) is 5.70. The van der Waals surface area contributed by atoms with Gasteiger partial charge in [0.25, 0.3) is 0 Å². The standard InChI is InChI=1S/C14H21NO2/c1-11(2)12-6-8-13(9-7-12)15-14(17)5-3-4-10-16/h6-9,11,16H,3-5,10H2,1-2H3,(H,15,17). The van der Waals surface area contributed by atoms with E-state index in [1.165, 1.54) is 5.56 Å². The number of amides is 1. The molecular weight excluding hydrogens is 214 g/mol. The molecule has 0 saturated heterocycles. The highest BCUT2D eigenvalue weighted by atomic mass is 16.2. The van der Waals surface area contributed by atoms with Gasteiger partial charge in [0.1, 0.15) is 0 Å². The van der Waals surface area contributed by atoms with E-state index < -0.39 is 0 Å². The molecule has 0 radical (unpaired) electrons. The lowest BCUT2D eigenvalue weighted by molar-refractivity contribution is -0.116. The van der Waals surface area contributed by atoms with Crippen LogP contribution in [0, 0.1) is 0 Å². The monoisotopic (exact) mass is 235 g/mol. The molecule has 2 N–H and O–H groups in total. The highest BCUT2D eigenvalue weighted by molar-refractivity contribution is 5.90. The van der Waals surface area contributed by atoms with Gasteiger partial charge in [-0.3, -0.25) is 4.79 Å². The van der Waals surface area contributed by atoms with E-state index in [9.17, 15) is 4.79 Å². The lowest BCUT2D eigenvalue weighted by Gasteiger charge is -2.08. The Labute approximate surface area is 103 Å². The van der Waals surface area contributed by atoms with Gasteiger partial charge < -0.3 is 10.4 Å². The zero-order chi connectivity index (χ0) is 12.7. The van der Waals surface area contributed by atoms with E-state index >= 15 is 0 Å². The maximum Gasteiger partial charge on any atom is 0.224 e. The molecule has 0 aromatic heterocycles. The minimum Gasteiger partial charge on any atom is -0.396 e. The molecule has 0 aliphatic heterocycles. The number of hydrogen-bond donors (Lipinski definition) is 2. The van der Waals surface area contributed by atoms with Crippen LogP contribution in [-0.2, 0) is 4.79 Å². The molecule has 3 heteroatoms. The van der Waals surface area contributed by atoms with E-state index in [1.807, 2.05) is 24.3 Å². The summed E-state index contributed by atoms with van der Waals surface area (Å²) in [5.74, 6) is 0.514. The van der Waals surface area contributed by atoms with Crippen molar-refractivity contribution in [3.05, 3.63) is 29.8 Å². The number of rotatable bonds is 6. The first-order chi connectivity index (χ1) is 8.13. The van der Waals surface area contributed by atoms with Gasteiger partial charge >= 0.3 is 0 Å². The summed E-state index contributed by atoms with van der Waals surface area (Å²) < 4.78 is 0. The van der Waals surface area contributed by atoms with Gasteiger partial charge in [0.15, 0.2) is 0 Å². The van der Waals surface area contributed by atoms with Gasteiger partial charge in [-0.05, 0) is 36.5 Å². The summed E-state index contributed by atoms with van der Waals surface area (Å²) in [6.07, 6.45) is 1.87. The number of carbonyl (C=O) groups excluding carboxylic acids is 1. The van der Waals surface area contributed by atoms with Crippen LogP contribution in [-0.4, -0.2) is 17.6 Å². The zero-order valence-corrected chi connectivity index (χ0v) is 10.6. The molecule has 0 aliphatic rings. The third-order valence-electron chi connectivity index (χ3n) is 2.67. The number of unbranched alkanes of at least 4 members (excludes halogenated alkanes) is 1. The molecule has 0 unspecified atom stereocenters. The van der Waals surface area contributed by atoms with Crippen LogP contribution in [0.2, 0.25) is 0 Å². The number of aliphatic hydroxyl groups excluding tert-OH is 1. The Balaban J connectivity index is 2.43. The Hall–Kier alpha value is -1.35. The summed E-state index contributed by atoms with van der Waals surface area (Å²) in [6, 6.07) is 7.93. The SMILES string of the molecule is CC(C)c1ccc(NC(=O)CCCCO)cc1. The Morgan fingerprint density at radius 1 is 1.24 bits per heavy atom. The zero-order valence-electron chi connectivity index (χ0n) is 10.6. The molecule has 94 valence electrons. The number of benzene rings is 1. The van der Waals surface area contributed by atoms with Crippen molar-refractivity contribution in [2.45, 2.75) is 39.0 Å². The van der Waals surface area contributed by atoms with Crippen LogP contribution in [0.5, 0.6) is 0 Å². The predicted octanol–water partition coefficient (Wildman–Crippen LogP) is 2.91. The topological polar surface area (TPSA) is 49.3 Å². The molecule has 1 amide bonds. The third-order valence-corrected chi connectivity index (χ3v) is 2.67. The van der Waals surface area contributed by atoms with Crippen molar-refractivity contribution < 1.29 is 9.90 Å². The lowest BCUT2D eigenvalue weighted by Crippen LogP contribution is -2.11. The normalized spacial score (nSPS) is 10.6. The van der Waals surface area contributed by atoms with Crippen molar-refractivity contribution in [1.29, 1.82) is 0 Å². The van der Waals surface area contributed by atoms with Crippen molar-refractivity contribution in [1.82, 2.24) is 0 Å². The first-order valence-electron chi connectivity index (χ1n) is 6.14. The van der Waals surface area contributed by atoms with Gasteiger partial charge in [-0.2, -0.15) is 0 Å². The molecule has 1 aromatic rings. The van der Waals surface area contributed by atoms with Crippen LogP contribution < -0.4 is 5.32 Å². The van der Waals surface area contributed by atoms with E-state index in [4.69, 9.17) is 5.11 Å². The van der Waals surface area contributed by atoms with Gasteiger partial charge in [0, 0.05) is 18.7 Å².